The number of anilines is 1. The number of methoxy groups -OCH3 is 1. The van der Waals surface area contributed by atoms with Gasteiger partial charge in [-0.15, -0.1) is 0 Å². The lowest BCUT2D eigenvalue weighted by Gasteiger charge is -2.36. The number of rotatable bonds is 5. The number of aryl methyl sites for hydroxylation is 2. The molecule has 0 spiro atoms. The summed E-state index contributed by atoms with van der Waals surface area (Å²) in [5.41, 5.74) is 7.76. The fourth-order valence-electron chi connectivity index (χ4n) is 4.97. The van der Waals surface area contributed by atoms with E-state index in [1.165, 1.54) is 28.9 Å². The molecule has 0 N–H and O–H groups in total. The van der Waals surface area contributed by atoms with Crippen LogP contribution < -0.4 is 9.64 Å². The SMILES string of the molecule is COc1cc2occ(-c3ccc(F)cc3)c2cc1/C(C)=C/C(=O)N1CCN(c2cc(C)ccc2C)CC1. The normalized spacial score (nSPS) is 14.4. The van der Waals surface area contributed by atoms with Crippen LogP contribution in [0.4, 0.5) is 10.1 Å². The summed E-state index contributed by atoms with van der Waals surface area (Å²) < 4.78 is 24.9. The van der Waals surface area contributed by atoms with Gasteiger partial charge in [-0.1, -0.05) is 24.3 Å². The maximum absolute atomic E-state index is 13.4. The van der Waals surface area contributed by atoms with Crippen molar-refractivity contribution in [3.63, 3.8) is 0 Å². The molecule has 1 saturated heterocycles. The number of benzene rings is 3. The summed E-state index contributed by atoms with van der Waals surface area (Å²) in [5.74, 6) is 0.339. The zero-order chi connectivity index (χ0) is 26.1. The second kappa shape index (κ2) is 10.1. The summed E-state index contributed by atoms with van der Waals surface area (Å²) in [5, 5.41) is 0.879. The van der Waals surface area contributed by atoms with E-state index in [0.29, 0.717) is 24.4 Å². The molecule has 0 atom stereocenters. The first-order valence-corrected chi connectivity index (χ1v) is 12.5. The largest absolute Gasteiger partial charge is 0.496 e. The van der Waals surface area contributed by atoms with E-state index in [0.717, 1.165) is 40.7 Å². The van der Waals surface area contributed by atoms with Gasteiger partial charge >= 0.3 is 0 Å². The van der Waals surface area contributed by atoms with E-state index >= 15 is 0 Å². The predicted molar refractivity (Wildman–Crippen MR) is 147 cm³/mol. The monoisotopic (exact) mass is 498 g/mol. The summed E-state index contributed by atoms with van der Waals surface area (Å²) in [6.07, 6.45) is 3.36. The van der Waals surface area contributed by atoms with Crippen LogP contribution in [-0.4, -0.2) is 44.1 Å². The third kappa shape index (κ3) is 4.96. The molecule has 1 aliphatic rings. The van der Waals surface area contributed by atoms with E-state index in [4.69, 9.17) is 9.15 Å². The minimum absolute atomic E-state index is 0.00813. The molecule has 5 nitrogen and oxygen atoms in total. The first-order chi connectivity index (χ1) is 17.8. The molecular weight excluding hydrogens is 467 g/mol. The van der Waals surface area contributed by atoms with Crippen molar-refractivity contribution in [1.82, 2.24) is 4.90 Å². The van der Waals surface area contributed by atoms with Gasteiger partial charge in [0.05, 0.1) is 13.4 Å². The molecule has 5 rings (SSSR count). The van der Waals surface area contributed by atoms with E-state index in [9.17, 15) is 9.18 Å². The van der Waals surface area contributed by atoms with Gasteiger partial charge in [0.15, 0.2) is 0 Å². The minimum Gasteiger partial charge on any atom is -0.496 e. The van der Waals surface area contributed by atoms with Crippen LogP contribution in [-0.2, 0) is 4.79 Å². The quantitative estimate of drug-likeness (QED) is 0.290. The van der Waals surface area contributed by atoms with Gasteiger partial charge < -0.3 is 19.0 Å². The van der Waals surface area contributed by atoms with Gasteiger partial charge in [0.25, 0.3) is 0 Å². The standard InChI is InChI=1S/C31H31FN2O3/c1-20-5-6-21(2)28(15-20)33-11-13-34(14-12-33)31(35)16-22(3)25-17-26-27(23-7-9-24(32)10-8-23)19-37-30(26)18-29(25)36-4/h5-10,15-19H,11-14H2,1-4H3/b22-16+. The fraction of sp³-hybridized carbons (Fsp3) is 0.258. The molecule has 3 aromatic carbocycles. The average Bonchev–Trinajstić information content (AvgIpc) is 3.32. The zero-order valence-electron chi connectivity index (χ0n) is 21.7. The summed E-state index contributed by atoms with van der Waals surface area (Å²) in [7, 11) is 1.61. The van der Waals surface area contributed by atoms with Crippen molar-refractivity contribution in [1.29, 1.82) is 0 Å². The number of nitrogens with zero attached hydrogens (tertiary/aromatic N) is 2. The predicted octanol–water partition coefficient (Wildman–Crippen LogP) is 6.62. The molecule has 0 bridgehead atoms. The fourth-order valence-corrected chi connectivity index (χ4v) is 4.97. The second-order valence-electron chi connectivity index (χ2n) is 9.63. The Bertz CT molecular complexity index is 1480. The van der Waals surface area contributed by atoms with Crippen LogP contribution in [0, 0.1) is 19.7 Å². The Kier molecular flexibility index (Phi) is 6.74. The highest BCUT2D eigenvalue weighted by Crippen LogP contribution is 2.37. The Labute approximate surface area is 216 Å². The van der Waals surface area contributed by atoms with Crippen LogP contribution in [0.1, 0.15) is 23.6 Å². The van der Waals surface area contributed by atoms with Crippen molar-refractivity contribution >= 4 is 28.1 Å². The maximum atomic E-state index is 13.4. The molecule has 1 aromatic heterocycles. The molecule has 0 saturated carbocycles. The van der Waals surface area contributed by atoms with Gasteiger partial charge in [-0.2, -0.15) is 0 Å². The Morgan fingerprint density at radius 1 is 1.00 bits per heavy atom. The lowest BCUT2D eigenvalue weighted by atomic mass is 9.99. The van der Waals surface area contributed by atoms with Crippen LogP contribution in [0.3, 0.4) is 0 Å². The molecular formula is C31H31FN2O3. The van der Waals surface area contributed by atoms with E-state index in [1.54, 1.807) is 31.6 Å². The number of hydrogen-bond donors (Lipinski definition) is 0. The van der Waals surface area contributed by atoms with Crippen LogP contribution in [0.5, 0.6) is 5.75 Å². The minimum atomic E-state index is -0.286. The Hall–Kier alpha value is -4.06. The number of ether oxygens (including phenoxy) is 1. The molecule has 6 heteroatoms. The number of allylic oxidation sites excluding steroid dienone is 1. The third-order valence-corrected chi connectivity index (χ3v) is 7.11. The van der Waals surface area contributed by atoms with Gasteiger partial charge in [-0.25, -0.2) is 4.39 Å². The van der Waals surface area contributed by atoms with Gasteiger partial charge in [-0.05, 0) is 67.3 Å². The van der Waals surface area contributed by atoms with Gasteiger partial charge in [0.1, 0.15) is 17.1 Å². The van der Waals surface area contributed by atoms with Crippen molar-refractivity contribution in [3.05, 3.63) is 89.4 Å². The number of furan rings is 1. The molecule has 1 fully saturated rings. The molecule has 0 unspecified atom stereocenters. The number of carbonyl (C=O) groups excluding carboxylic acids is 1. The highest BCUT2D eigenvalue weighted by Gasteiger charge is 2.22. The number of fused-ring (bicyclic) bond motifs is 1. The summed E-state index contributed by atoms with van der Waals surface area (Å²) >= 11 is 0. The van der Waals surface area contributed by atoms with Crippen molar-refractivity contribution < 1.29 is 18.3 Å². The van der Waals surface area contributed by atoms with Gasteiger partial charge in [0.2, 0.25) is 5.91 Å². The van der Waals surface area contributed by atoms with Crippen LogP contribution >= 0.6 is 0 Å². The Morgan fingerprint density at radius 3 is 2.43 bits per heavy atom. The Morgan fingerprint density at radius 2 is 1.73 bits per heavy atom. The molecule has 190 valence electrons. The second-order valence-corrected chi connectivity index (χ2v) is 9.63. The first-order valence-electron chi connectivity index (χ1n) is 12.5. The summed E-state index contributed by atoms with van der Waals surface area (Å²) in [6, 6.07) is 16.6. The molecule has 1 amide bonds. The highest BCUT2D eigenvalue weighted by molar-refractivity contribution is 6.00. The number of halogens is 1. The summed E-state index contributed by atoms with van der Waals surface area (Å²) in [4.78, 5) is 17.5. The molecule has 0 radical (unpaired) electrons. The van der Waals surface area contributed by atoms with E-state index in [1.807, 2.05) is 24.0 Å². The molecule has 4 aromatic rings. The average molecular weight is 499 g/mol. The third-order valence-electron chi connectivity index (χ3n) is 7.11. The van der Waals surface area contributed by atoms with Crippen molar-refractivity contribution in [2.24, 2.45) is 0 Å². The number of amides is 1. The van der Waals surface area contributed by atoms with E-state index < -0.39 is 0 Å². The van der Waals surface area contributed by atoms with Gasteiger partial charge in [0, 0.05) is 60.5 Å². The molecule has 1 aliphatic heterocycles. The Balaban J connectivity index is 1.37. The van der Waals surface area contributed by atoms with Crippen molar-refractivity contribution in [2.75, 3.05) is 38.2 Å². The van der Waals surface area contributed by atoms with Crippen molar-refractivity contribution in [3.8, 4) is 16.9 Å². The maximum Gasteiger partial charge on any atom is 0.246 e. The van der Waals surface area contributed by atoms with E-state index in [2.05, 4.69) is 36.9 Å². The first kappa shape index (κ1) is 24.6. The number of carbonyl (C=O) groups is 1. The topological polar surface area (TPSA) is 45.9 Å². The molecule has 0 aliphatic carbocycles. The van der Waals surface area contributed by atoms with Crippen LogP contribution in [0.2, 0.25) is 0 Å². The zero-order valence-corrected chi connectivity index (χ0v) is 21.7. The lowest BCUT2D eigenvalue weighted by Crippen LogP contribution is -2.48. The number of hydrogen-bond acceptors (Lipinski definition) is 4. The summed E-state index contributed by atoms with van der Waals surface area (Å²) in [6.45, 7) is 9.09. The highest BCUT2D eigenvalue weighted by atomic mass is 19.1. The smallest absolute Gasteiger partial charge is 0.246 e. The van der Waals surface area contributed by atoms with Gasteiger partial charge in [-0.3, -0.25) is 4.79 Å². The van der Waals surface area contributed by atoms with Crippen LogP contribution in [0.15, 0.2) is 71.4 Å². The molecule has 37 heavy (non-hydrogen) atoms. The van der Waals surface area contributed by atoms with E-state index in [-0.39, 0.29) is 11.7 Å². The van der Waals surface area contributed by atoms with Crippen molar-refractivity contribution in [2.45, 2.75) is 20.8 Å². The number of piperazine rings is 1. The van der Waals surface area contributed by atoms with Crippen LogP contribution in [0.25, 0.3) is 27.7 Å². The lowest BCUT2D eigenvalue weighted by molar-refractivity contribution is -0.126. The molecule has 2 heterocycles.